The average Bonchev–Trinajstić information content (AvgIpc) is 3.44. The van der Waals surface area contributed by atoms with Crippen LogP contribution in [0.4, 0.5) is 15.2 Å². The number of aromatic amines is 1. The Bertz CT molecular complexity index is 1090. The number of likely N-dealkylation sites (tertiary alicyclic amines) is 1. The smallest absolute Gasteiger partial charge is 0.180 e. The predicted molar refractivity (Wildman–Crippen MR) is 110 cm³/mol. The van der Waals surface area contributed by atoms with Crippen molar-refractivity contribution in [1.29, 1.82) is 0 Å². The number of alkyl halides is 1. The minimum Gasteiger partial charge on any atom is -0.328 e. The SMILES string of the molecule is FC1CCCN(Cc2cc(Nc3nccn4c(-c5cn[nH]c5)cnc34)sn2)CC1. The highest BCUT2D eigenvalue weighted by molar-refractivity contribution is 7.10. The van der Waals surface area contributed by atoms with E-state index < -0.39 is 6.17 Å². The van der Waals surface area contributed by atoms with E-state index in [4.69, 9.17) is 0 Å². The van der Waals surface area contributed by atoms with Crippen LogP contribution in [0.15, 0.2) is 37.1 Å². The van der Waals surface area contributed by atoms with Crippen LogP contribution in [-0.2, 0) is 6.54 Å². The molecule has 4 aromatic rings. The van der Waals surface area contributed by atoms with Crippen LogP contribution in [0.25, 0.3) is 16.9 Å². The summed E-state index contributed by atoms with van der Waals surface area (Å²) in [6.07, 6.45) is 10.5. The standard InChI is InChI=1S/C19H21FN8S/c20-14-2-1-5-27(6-3-14)12-15-8-17(29-26-15)25-18-19-22-11-16(13-9-23-24-10-13)28(19)7-4-21-18/h4,7-11,14H,1-3,5-6,12H2,(H,21,25)(H,23,24). The maximum absolute atomic E-state index is 13.6. The molecule has 0 aromatic carbocycles. The van der Waals surface area contributed by atoms with Crippen molar-refractivity contribution in [2.45, 2.75) is 32.0 Å². The molecule has 1 aliphatic rings. The van der Waals surface area contributed by atoms with Gasteiger partial charge in [-0.1, -0.05) is 0 Å². The highest BCUT2D eigenvalue weighted by atomic mass is 32.1. The molecule has 1 unspecified atom stereocenters. The second kappa shape index (κ2) is 7.88. The van der Waals surface area contributed by atoms with Gasteiger partial charge in [-0.05, 0) is 43.4 Å². The lowest BCUT2D eigenvalue weighted by Crippen LogP contribution is -2.24. The molecule has 1 aliphatic heterocycles. The molecular weight excluding hydrogens is 391 g/mol. The molecule has 5 heterocycles. The van der Waals surface area contributed by atoms with E-state index in [-0.39, 0.29) is 0 Å². The van der Waals surface area contributed by atoms with Crippen molar-refractivity contribution in [2.24, 2.45) is 0 Å². The molecule has 0 aliphatic carbocycles. The van der Waals surface area contributed by atoms with Crippen LogP contribution in [0.3, 0.4) is 0 Å². The largest absolute Gasteiger partial charge is 0.328 e. The third-order valence-corrected chi connectivity index (χ3v) is 5.90. The molecule has 0 bridgehead atoms. The van der Waals surface area contributed by atoms with Crippen molar-refractivity contribution >= 4 is 28.0 Å². The van der Waals surface area contributed by atoms with E-state index in [2.05, 4.69) is 34.8 Å². The Morgan fingerprint density at radius 2 is 2.21 bits per heavy atom. The van der Waals surface area contributed by atoms with E-state index in [0.29, 0.717) is 18.7 Å². The Balaban J connectivity index is 1.33. The van der Waals surface area contributed by atoms with E-state index in [1.165, 1.54) is 11.5 Å². The summed E-state index contributed by atoms with van der Waals surface area (Å²) in [6, 6.07) is 2.04. The van der Waals surface area contributed by atoms with Crippen LogP contribution in [0.5, 0.6) is 0 Å². The molecule has 0 radical (unpaired) electrons. The summed E-state index contributed by atoms with van der Waals surface area (Å²) in [5.74, 6) is 0.674. The monoisotopic (exact) mass is 412 g/mol. The minimum absolute atomic E-state index is 0.611. The predicted octanol–water partition coefficient (Wildman–Crippen LogP) is 3.64. The van der Waals surface area contributed by atoms with Gasteiger partial charge in [-0.25, -0.2) is 14.4 Å². The van der Waals surface area contributed by atoms with E-state index in [1.807, 2.05) is 29.1 Å². The van der Waals surface area contributed by atoms with Gasteiger partial charge in [0.25, 0.3) is 0 Å². The first kappa shape index (κ1) is 18.2. The summed E-state index contributed by atoms with van der Waals surface area (Å²) >= 11 is 1.40. The average molecular weight is 412 g/mol. The second-order valence-electron chi connectivity index (χ2n) is 7.21. The summed E-state index contributed by atoms with van der Waals surface area (Å²) in [4.78, 5) is 11.3. The minimum atomic E-state index is -0.666. The zero-order chi connectivity index (χ0) is 19.6. The summed E-state index contributed by atoms with van der Waals surface area (Å²) in [5.41, 5.74) is 3.63. The Hall–Kier alpha value is -2.85. The van der Waals surface area contributed by atoms with Crippen molar-refractivity contribution in [2.75, 3.05) is 18.4 Å². The summed E-state index contributed by atoms with van der Waals surface area (Å²) < 4.78 is 20.1. The van der Waals surface area contributed by atoms with Crippen LogP contribution >= 0.6 is 11.5 Å². The van der Waals surface area contributed by atoms with Gasteiger partial charge in [0.2, 0.25) is 0 Å². The van der Waals surface area contributed by atoms with Crippen molar-refractivity contribution in [3.63, 3.8) is 0 Å². The van der Waals surface area contributed by atoms with Crippen LogP contribution in [0.1, 0.15) is 25.0 Å². The molecular formula is C19H21FN8S. The molecule has 1 fully saturated rings. The van der Waals surface area contributed by atoms with Crippen LogP contribution in [-0.4, -0.2) is 53.1 Å². The number of hydrogen-bond donors (Lipinski definition) is 2. The molecule has 5 rings (SSSR count). The van der Waals surface area contributed by atoms with E-state index >= 15 is 0 Å². The Morgan fingerprint density at radius 1 is 1.24 bits per heavy atom. The Kier molecular flexibility index (Phi) is 4.94. The molecule has 0 spiro atoms. The normalized spacial score (nSPS) is 18.2. The van der Waals surface area contributed by atoms with Crippen LogP contribution in [0.2, 0.25) is 0 Å². The highest BCUT2D eigenvalue weighted by Crippen LogP contribution is 2.27. The van der Waals surface area contributed by atoms with Crippen molar-refractivity contribution in [3.05, 3.63) is 42.7 Å². The quantitative estimate of drug-likeness (QED) is 0.520. The van der Waals surface area contributed by atoms with Gasteiger partial charge < -0.3 is 5.32 Å². The van der Waals surface area contributed by atoms with Gasteiger partial charge in [-0.15, -0.1) is 0 Å². The molecule has 1 saturated heterocycles. The second-order valence-corrected chi connectivity index (χ2v) is 8.02. The molecule has 10 heteroatoms. The van der Waals surface area contributed by atoms with Crippen LogP contribution < -0.4 is 5.32 Å². The maximum Gasteiger partial charge on any atom is 0.180 e. The fraction of sp³-hybridized carbons (Fsp3) is 0.368. The van der Waals surface area contributed by atoms with E-state index in [9.17, 15) is 4.39 Å². The third kappa shape index (κ3) is 3.85. The number of rotatable bonds is 5. The van der Waals surface area contributed by atoms with Gasteiger partial charge >= 0.3 is 0 Å². The number of halogens is 1. The van der Waals surface area contributed by atoms with Crippen molar-refractivity contribution < 1.29 is 4.39 Å². The molecule has 2 N–H and O–H groups in total. The van der Waals surface area contributed by atoms with Crippen molar-refractivity contribution in [1.82, 2.24) is 33.8 Å². The Labute approximate surface area is 171 Å². The lowest BCUT2D eigenvalue weighted by Gasteiger charge is -2.17. The number of aromatic nitrogens is 6. The van der Waals surface area contributed by atoms with Crippen molar-refractivity contribution in [3.8, 4) is 11.3 Å². The summed E-state index contributed by atoms with van der Waals surface area (Å²) in [6.45, 7) is 2.45. The lowest BCUT2D eigenvalue weighted by atomic mass is 10.2. The molecule has 29 heavy (non-hydrogen) atoms. The zero-order valence-electron chi connectivity index (χ0n) is 15.8. The Morgan fingerprint density at radius 3 is 3.10 bits per heavy atom. The lowest BCUT2D eigenvalue weighted by molar-refractivity contribution is 0.255. The number of imidazole rings is 1. The molecule has 0 saturated carbocycles. The number of fused-ring (bicyclic) bond motifs is 1. The first-order valence-electron chi connectivity index (χ1n) is 9.66. The van der Waals surface area contributed by atoms with Gasteiger partial charge in [0.15, 0.2) is 11.5 Å². The fourth-order valence-electron chi connectivity index (χ4n) is 3.68. The molecule has 0 amide bonds. The molecule has 1 atom stereocenters. The highest BCUT2D eigenvalue weighted by Gasteiger charge is 2.17. The number of H-pyrrole nitrogens is 1. The fourth-order valence-corrected chi connectivity index (χ4v) is 4.33. The van der Waals surface area contributed by atoms with Gasteiger partial charge in [-0.2, -0.15) is 9.47 Å². The summed E-state index contributed by atoms with van der Waals surface area (Å²) in [7, 11) is 0. The van der Waals surface area contributed by atoms with E-state index in [1.54, 1.807) is 12.4 Å². The molecule has 150 valence electrons. The topological polar surface area (TPSA) is 87.0 Å². The molecule has 8 nitrogen and oxygen atoms in total. The third-order valence-electron chi connectivity index (χ3n) is 5.16. The van der Waals surface area contributed by atoms with E-state index in [0.717, 1.165) is 53.7 Å². The van der Waals surface area contributed by atoms with Gasteiger partial charge in [0.1, 0.15) is 11.2 Å². The number of anilines is 2. The maximum atomic E-state index is 13.6. The first-order valence-corrected chi connectivity index (χ1v) is 10.4. The van der Waals surface area contributed by atoms with Crippen LogP contribution in [0, 0.1) is 0 Å². The van der Waals surface area contributed by atoms with Gasteiger partial charge in [-0.3, -0.25) is 14.4 Å². The number of nitrogens with one attached hydrogen (secondary N) is 2. The number of hydrogen-bond acceptors (Lipinski definition) is 7. The molecule has 4 aromatic heterocycles. The first-order chi connectivity index (χ1) is 14.3. The zero-order valence-corrected chi connectivity index (χ0v) is 16.6. The summed E-state index contributed by atoms with van der Waals surface area (Å²) in [5, 5.41) is 11.1. The van der Waals surface area contributed by atoms with Gasteiger partial charge in [0, 0.05) is 37.2 Å². The number of nitrogens with zero attached hydrogens (tertiary/aromatic N) is 6. The van der Waals surface area contributed by atoms with Gasteiger partial charge in [0.05, 0.1) is 23.8 Å².